The Bertz CT molecular complexity index is 643. The lowest BCUT2D eigenvalue weighted by Gasteiger charge is -2.09. The van der Waals surface area contributed by atoms with Gasteiger partial charge in [0.1, 0.15) is 5.75 Å². The number of carbonyl (C=O) groups is 1. The first kappa shape index (κ1) is 15.3. The molecule has 2 aromatic rings. The molecule has 0 amide bonds. The molecule has 0 aromatic heterocycles. The van der Waals surface area contributed by atoms with Gasteiger partial charge in [-0.05, 0) is 41.0 Å². The largest absolute Gasteiger partial charge is 0.497 e. The lowest BCUT2D eigenvalue weighted by atomic mass is 9.97. The number of methoxy groups -OCH3 is 2. The van der Waals surface area contributed by atoms with Crippen molar-refractivity contribution in [2.45, 2.75) is 0 Å². The van der Waals surface area contributed by atoms with E-state index in [1.54, 1.807) is 7.11 Å². The van der Waals surface area contributed by atoms with Crippen LogP contribution >= 0.6 is 15.9 Å². The van der Waals surface area contributed by atoms with E-state index < -0.39 is 0 Å². The Morgan fingerprint density at radius 3 is 1.95 bits per heavy atom. The molecule has 2 aromatic carbocycles. The fraction of sp³-hybridized carbons (Fsp3) is 0.118. The molecule has 2 rings (SSSR count). The zero-order valence-corrected chi connectivity index (χ0v) is 13.4. The third-order valence-corrected chi connectivity index (χ3v) is 3.55. The van der Waals surface area contributed by atoms with Gasteiger partial charge >= 0.3 is 5.97 Å². The van der Waals surface area contributed by atoms with E-state index in [0.717, 1.165) is 26.9 Å². The number of ether oxygens (including phenoxy) is 2. The van der Waals surface area contributed by atoms with Crippen LogP contribution in [0.4, 0.5) is 0 Å². The van der Waals surface area contributed by atoms with Crippen molar-refractivity contribution < 1.29 is 14.3 Å². The fourth-order valence-corrected chi connectivity index (χ4v) is 2.17. The summed E-state index contributed by atoms with van der Waals surface area (Å²) in [5.41, 5.74) is 2.66. The van der Waals surface area contributed by atoms with Gasteiger partial charge in [-0.15, -0.1) is 0 Å². The molecule has 0 fully saturated rings. The summed E-state index contributed by atoms with van der Waals surface area (Å²) in [6.07, 6.45) is 1.49. The molecule has 0 spiro atoms. The molecule has 0 aliphatic rings. The predicted octanol–water partition coefficient (Wildman–Crippen LogP) is 4.06. The second-order valence-corrected chi connectivity index (χ2v) is 5.23. The van der Waals surface area contributed by atoms with Crippen molar-refractivity contribution in [3.05, 3.63) is 70.2 Å². The summed E-state index contributed by atoms with van der Waals surface area (Å²) in [6, 6.07) is 15.3. The number of carbonyl (C=O) groups excluding carboxylic acids is 1. The maximum Gasteiger partial charge on any atom is 0.331 e. The van der Waals surface area contributed by atoms with Gasteiger partial charge in [0.25, 0.3) is 0 Å². The van der Waals surface area contributed by atoms with Crippen LogP contribution in [-0.2, 0) is 9.53 Å². The Morgan fingerprint density at radius 2 is 1.48 bits per heavy atom. The molecule has 21 heavy (non-hydrogen) atoms. The molecule has 0 saturated heterocycles. The van der Waals surface area contributed by atoms with Crippen LogP contribution in [0.15, 0.2) is 59.1 Å². The molecule has 108 valence electrons. The van der Waals surface area contributed by atoms with Crippen molar-refractivity contribution in [2.75, 3.05) is 14.2 Å². The van der Waals surface area contributed by atoms with Gasteiger partial charge in [0, 0.05) is 10.5 Å². The summed E-state index contributed by atoms with van der Waals surface area (Å²) < 4.78 is 10.9. The van der Waals surface area contributed by atoms with E-state index in [0.29, 0.717) is 0 Å². The van der Waals surface area contributed by atoms with Crippen LogP contribution in [0.3, 0.4) is 0 Å². The minimum absolute atomic E-state index is 0.385. The van der Waals surface area contributed by atoms with Crippen LogP contribution in [0.25, 0.3) is 5.57 Å². The summed E-state index contributed by atoms with van der Waals surface area (Å²) in [4.78, 5) is 11.6. The van der Waals surface area contributed by atoms with E-state index in [4.69, 9.17) is 9.47 Å². The molecule has 0 aliphatic carbocycles. The average molecular weight is 347 g/mol. The van der Waals surface area contributed by atoms with Crippen LogP contribution in [0.5, 0.6) is 5.75 Å². The first-order valence-electron chi connectivity index (χ1n) is 6.34. The van der Waals surface area contributed by atoms with Gasteiger partial charge in [0.15, 0.2) is 0 Å². The SMILES string of the molecule is COC(=O)/C=C(\c1ccc(Br)cc1)c1ccc(OC)cc1. The van der Waals surface area contributed by atoms with E-state index in [1.807, 2.05) is 48.5 Å². The summed E-state index contributed by atoms with van der Waals surface area (Å²) >= 11 is 3.41. The van der Waals surface area contributed by atoms with E-state index in [2.05, 4.69) is 15.9 Å². The topological polar surface area (TPSA) is 35.5 Å². The Morgan fingerprint density at radius 1 is 0.952 bits per heavy atom. The van der Waals surface area contributed by atoms with Crippen molar-refractivity contribution >= 4 is 27.5 Å². The number of hydrogen-bond acceptors (Lipinski definition) is 3. The van der Waals surface area contributed by atoms with Gasteiger partial charge in [-0.1, -0.05) is 40.2 Å². The molecule has 0 radical (unpaired) electrons. The first-order chi connectivity index (χ1) is 10.1. The van der Waals surface area contributed by atoms with Crippen molar-refractivity contribution in [3.63, 3.8) is 0 Å². The molecule has 0 unspecified atom stereocenters. The molecule has 4 heteroatoms. The molecule has 3 nitrogen and oxygen atoms in total. The van der Waals surface area contributed by atoms with E-state index in [9.17, 15) is 4.79 Å². The zero-order chi connectivity index (χ0) is 15.2. The number of benzene rings is 2. The standard InChI is InChI=1S/C17H15BrO3/c1-20-15-9-5-13(6-10-15)16(11-17(19)21-2)12-3-7-14(18)8-4-12/h3-11H,1-2H3/b16-11+. The molecule has 0 saturated carbocycles. The van der Waals surface area contributed by atoms with Gasteiger partial charge in [-0.25, -0.2) is 4.79 Å². The minimum atomic E-state index is -0.385. The fourth-order valence-electron chi connectivity index (χ4n) is 1.91. The molecule has 0 aliphatic heterocycles. The monoisotopic (exact) mass is 346 g/mol. The minimum Gasteiger partial charge on any atom is -0.497 e. The van der Waals surface area contributed by atoms with Crippen LogP contribution < -0.4 is 4.74 Å². The Balaban J connectivity index is 2.47. The predicted molar refractivity (Wildman–Crippen MR) is 86.2 cm³/mol. The van der Waals surface area contributed by atoms with Crippen LogP contribution in [0, 0.1) is 0 Å². The Kier molecular flexibility index (Phi) is 5.17. The maximum absolute atomic E-state index is 11.6. The van der Waals surface area contributed by atoms with E-state index in [-0.39, 0.29) is 5.97 Å². The highest BCUT2D eigenvalue weighted by atomic mass is 79.9. The smallest absolute Gasteiger partial charge is 0.331 e. The maximum atomic E-state index is 11.6. The summed E-state index contributed by atoms with van der Waals surface area (Å²) in [6.45, 7) is 0. The summed E-state index contributed by atoms with van der Waals surface area (Å²) in [7, 11) is 2.99. The van der Waals surface area contributed by atoms with E-state index in [1.165, 1.54) is 13.2 Å². The van der Waals surface area contributed by atoms with Crippen molar-refractivity contribution in [1.82, 2.24) is 0 Å². The average Bonchev–Trinajstić information content (AvgIpc) is 2.53. The lowest BCUT2D eigenvalue weighted by Crippen LogP contribution is -1.98. The third kappa shape index (κ3) is 3.95. The highest BCUT2D eigenvalue weighted by molar-refractivity contribution is 9.10. The second-order valence-electron chi connectivity index (χ2n) is 4.32. The normalized spacial score (nSPS) is 11.1. The van der Waals surface area contributed by atoms with Gasteiger partial charge in [-0.3, -0.25) is 0 Å². The molecule has 0 atom stereocenters. The molecular weight excluding hydrogens is 332 g/mol. The lowest BCUT2D eigenvalue weighted by molar-refractivity contribution is -0.134. The number of esters is 1. The molecule has 0 N–H and O–H groups in total. The third-order valence-electron chi connectivity index (χ3n) is 3.02. The molecular formula is C17H15BrO3. The summed E-state index contributed by atoms with van der Waals surface area (Å²) in [5.74, 6) is 0.385. The first-order valence-corrected chi connectivity index (χ1v) is 7.13. The number of rotatable bonds is 4. The molecule has 0 bridgehead atoms. The van der Waals surface area contributed by atoms with Gasteiger partial charge in [0.05, 0.1) is 14.2 Å². The van der Waals surface area contributed by atoms with Crippen LogP contribution in [0.1, 0.15) is 11.1 Å². The van der Waals surface area contributed by atoms with Crippen LogP contribution in [0.2, 0.25) is 0 Å². The Hall–Kier alpha value is -2.07. The van der Waals surface area contributed by atoms with Crippen LogP contribution in [-0.4, -0.2) is 20.2 Å². The van der Waals surface area contributed by atoms with Crippen molar-refractivity contribution in [2.24, 2.45) is 0 Å². The van der Waals surface area contributed by atoms with E-state index >= 15 is 0 Å². The quantitative estimate of drug-likeness (QED) is 0.618. The second kappa shape index (κ2) is 7.09. The highest BCUT2D eigenvalue weighted by Crippen LogP contribution is 2.26. The van der Waals surface area contributed by atoms with Crippen molar-refractivity contribution in [1.29, 1.82) is 0 Å². The Labute approximate surface area is 132 Å². The van der Waals surface area contributed by atoms with Gasteiger partial charge in [0.2, 0.25) is 0 Å². The summed E-state index contributed by atoms with van der Waals surface area (Å²) in [5, 5.41) is 0. The molecule has 0 heterocycles. The van der Waals surface area contributed by atoms with Crippen molar-refractivity contribution in [3.8, 4) is 5.75 Å². The van der Waals surface area contributed by atoms with Gasteiger partial charge in [-0.2, -0.15) is 0 Å². The highest BCUT2D eigenvalue weighted by Gasteiger charge is 2.08. The number of halogens is 1. The number of hydrogen-bond donors (Lipinski definition) is 0. The van der Waals surface area contributed by atoms with Gasteiger partial charge < -0.3 is 9.47 Å². The zero-order valence-electron chi connectivity index (χ0n) is 11.8.